The predicted octanol–water partition coefficient (Wildman–Crippen LogP) is 0.819. The molecule has 5 heteroatoms. The van der Waals surface area contributed by atoms with Crippen molar-refractivity contribution in [2.75, 3.05) is 5.73 Å². The molecular weight excluding hydrogens is 200 g/mol. The quantitative estimate of drug-likeness (QED) is 0.651. The van der Waals surface area contributed by atoms with Gasteiger partial charge in [0, 0.05) is 16.3 Å². The van der Waals surface area contributed by atoms with E-state index in [1.807, 2.05) is 6.92 Å². The predicted molar refractivity (Wildman–Crippen MR) is 58.5 cm³/mol. The van der Waals surface area contributed by atoms with Gasteiger partial charge in [-0.25, -0.2) is 0 Å². The molecule has 1 aromatic heterocycles. The number of aromatic amines is 1. The second-order valence-corrected chi connectivity index (χ2v) is 4.57. The van der Waals surface area contributed by atoms with E-state index in [1.165, 1.54) is 11.8 Å². The normalized spacial score (nSPS) is 15.1. The monoisotopic (exact) mass is 214 g/mol. The van der Waals surface area contributed by atoms with Crippen molar-refractivity contribution >= 4 is 17.4 Å². The standard InChI is InChI=1S/C9H14N2O2S/c1-5(12)6(2)14-7-3-4-11-9(13)8(7)10/h3-6,12H,10H2,1-2H3,(H,11,13). The Morgan fingerprint density at radius 3 is 2.79 bits per heavy atom. The first-order valence-corrected chi connectivity index (χ1v) is 5.22. The minimum absolute atomic E-state index is 0.0131. The summed E-state index contributed by atoms with van der Waals surface area (Å²) >= 11 is 1.40. The van der Waals surface area contributed by atoms with Crippen molar-refractivity contribution in [2.24, 2.45) is 0 Å². The molecule has 4 N–H and O–H groups in total. The molecule has 0 spiro atoms. The molecule has 78 valence electrons. The molecule has 0 aliphatic heterocycles. The van der Waals surface area contributed by atoms with Gasteiger partial charge in [-0.15, -0.1) is 11.8 Å². The first-order valence-electron chi connectivity index (χ1n) is 4.34. The maximum absolute atomic E-state index is 11.1. The molecule has 0 saturated heterocycles. The fourth-order valence-electron chi connectivity index (χ4n) is 0.874. The highest BCUT2D eigenvalue weighted by atomic mass is 32.2. The SMILES string of the molecule is CC(O)C(C)Sc1cc[nH]c(=O)c1N. The number of nitrogen functional groups attached to an aromatic ring is 1. The number of aliphatic hydroxyl groups excluding tert-OH is 1. The van der Waals surface area contributed by atoms with Gasteiger partial charge >= 0.3 is 0 Å². The Bertz CT molecular complexity index is 362. The van der Waals surface area contributed by atoms with Crippen LogP contribution in [0.4, 0.5) is 5.69 Å². The maximum atomic E-state index is 11.1. The third-order valence-corrected chi connectivity index (χ3v) is 3.33. The van der Waals surface area contributed by atoms with Crippen molar-refractivity contribution in [3.05, 3.63) is 22.6 Å². The smallest absolute Gasteiger partial charge is 0.272 e. The van der Waals surface area contributed by atoms with Crippen LogP contribution >= 0.6 is 11.8 Å². The zero-order chi connectivity index (χ0) is 10.7. The van der Waals surface area contributed by atoms with Crippen LogP contribution in [0.2, 0.25) is 0 Å². The summed E-state index contributed by atoms with van der Waals surface area (Å²) in [5, 5.41) is 9.31. The summed E-state index contributed by atoms with van der Waals surface area (Å²) < 4.78 is 0. The van der Waals surface area contributed by atoms with Crippen molar-refractivity contribution in [1.29, 1.82) is 0 Å². The second-order valence-electron chi connectivity index (χ2n) is 3.15. The molecule has 0 aliphatic rings. The second kappa shape index (κ2) is 4.52. The number of hydrogen-bond donors (Lipinski definition) is 3. The van der Waals surface area contributed by atoms with Gasteiger partial charge in [0.2, 0.25) is 0 Å². The van der Waals surface area contributed by atoms with Crippen LogP contribution in [0.3, 0.4) is 0 Å². The molecule has 1 heterocycles. The van der Waals surface area contributed by atoms with Crippen LogP contribution in [0.15, 0.2) is 22.0 Å². The lowest BCUT2D eigenvalue weighted by Gasteiger charge is -2.14. The Labute approximate surface area is 86.5 Å². The Morgan fingerprint density at radius 2 is 2.21 bits per heavy atom. The first kappa shape index (κ1) is 11.1. The number of nitrogens with one attached hydrogen (secondary N) is 1. The molecule has 0 bridgehead atoms. The average Bonchev–Trinajstić information content (AvgIpc) is 2.12. The number of rotatable bonds is 3. The molecule has 0 fully saturated rings. The zero-order valence-corrected chi connectivity index (χ0v) is 8.97. The summed E-state index contributed by atoms with van der Waals surface area (Å²) in [4.78, 5) is 14.3. The number of aliphatic hydroxyl groups is 1. The third-order valence-electron chi connectivity index (χ3n) is 1.95. The van der Waals surface area contributed by atoms with Gasteiger partial charge in [-0.1, -0.05) is 6.92 Å². The van der Waals surface area contributed by atoms with Gasteiger partial charge in [-0.3, -0.25) is 4.79 Å². The number of anilines is 1. The number of pyridine rings is 1. The van der Waals surface area contributed by atoms with Crippen molar-refractivity contribution < 1.29 is 5.11 Å². The van der Waals surface area contributed by atoms with Crippen LogP contribution in [-0.4, -0.2) is 21.4 Å². The molecule has 2 atom stereocenters. The maximum Gasteiger partial charge on any atom is 0.272 e. The summed E-state index contributed by atoms with van der Waals surface area (Å²) in [6, 6.07) is 1.74. The van der Waals surface area contributed by atoms with Gasteiger partial charge in [0.15, 0.2) is 0 Å². The Hall–Kier alpha value is -0.940. The van der Waals surface area contributed by atoms with E-state index < -0.39 is 6.10 Å². The molecule has 0 aliphatic carbocycles. The first-order chi connectivity index (χ1) is 6.52. The molecule has 0 saturated carbocycles. The molecule has 1 aromatic rings. The number of H-pyrrole nitrogens is 1. The average molecular weight is 214 g/mol. The van der Waals surface area contributed by atoms with Gasteiger partial charge < -0.3 is 15.8 Å². The van der Waals surface area contributed by atoms with Crippen molar-refractivity contribution in [1.82, 2.24) is 4.98 Å². The van der Waals surface area contributed by atoms with Gasteiger partial charge in [0.05, 0.1) is 6.10 Å². The van der Waals surface area contributed by atoms with Crippen LogP contribution in [0, 0.1) is 0 Å². The van der Waals surface area contributed by atoms with Crippen LogP contribution in [-0.2, 0) is 0 Å². The van der Waals surface area contributed by atoms with Crippen molar-refractivity contribution in [3.8, 4) is 0 Å². The minimum Gasteiger partial charge on any atom is -0.393 e. The van der Waals surface area contributed by atoms with E-state index in [0.29, 0.717) is 4.90 Å². The molecule has 0 amide bonds. The fraction of sp³-hybridized carbons (Fsp3) is 0.444. The van der Waals surface area contributed by atoms with E-state index in [-0.39, 0.29) is 16.5 Å². The van der Waals surface area contributed by atoms with E-state index in [4.69, 9.17) is 5.73 Å². The molecule has 0 radical (unpaired) electrons. The van der Waals surface area contributed by atoms with Gasteiger partial charge in [-0.05, 0) is 13.0 Å². The van der Waals surface area contributed by atoms with E-state index in [0.717, 1.165) is 0 Å². The van der Waals surface area contributed by atoms with E-state index in [1.54, 1.807) is 19.2 Å². The van der Waals surface area contributed by atoms with Crippen LogP contribution in [0.1, 0.15) is 13.8 Å². The highest BCUT2D eigenvalue weighted by molar-refractivity contribution is 8.00. The summed E-state index contributed by atoms with van der Waals surface area (Å²) in [6.07, 6.45) is 1.12. The van der Waals surface area contributed by atoms with Gasteiger partial charge in [-0.2, -0.15) is 0 Å². The summed E-state index contributed by atoms with van der Waals surface area (Å²) in [7, 11) is 0. The summed E-state index contributed by atoms with van der Waals surface area (Å²) in [5.74, 6) is 0. The number of aromatic nitrogens is 1. The highest BCUT2D eigenvalue weighted by Gasteiger charge is 2.12. The number of hydrogen-bond acceptors (Lipinski definition) is 4. The summed E-state index contributed by atoms with van der Waals surface area (Å²) in [6.45, 7) is 3.59. The zero-order valence-electron chi connectivity index (χ0n) is 8.15. The van der Waals surface area contributed by atoms with E-state index >= 15 is 0 Å². The Kier molecular flexibility index (Phi) is 3.60. The van der Waals surface area contributed by atoms with Crippen LogP contribution in [0.25, 0.3) is 0 Å². The Morgan fingerprint density at radius 1 is 1.57 bits per heavy atom. The van der Waals surface area contributed by atoms with Gasteiger partial charge in [0.25, 0.3) is 5.56 Å². The molecule has 1 rings (SSSR count). The van der Waals surface area contributed by atoms with Crippen LogP contribution < -0.4 is 11.3 Å². The molecule has 0 aromatic carbocycles. The summed E-state index contributed by atoms with van der Waals surface area (Å²) in [5.41, 5.74) is 5.51. The van der Waals surface area contributed by atoms with E-state index in [2.05, 4.69) is 4.98 Å². The third kappa shape index (κ3) is 2.52. The molecule has 4 nitrogen and oxygen atoms in total. The molecular formula is C9H14N2O2S. The van der Waals surface area contributed by atoms with Crippen LogP contribution in [0.5, 0.6) is 0 Å². The van der Waals surface area contributed by atoms with Crippen molar-refractivity contribution in [2.45, 2.75) is 30.1 Å². The number of nitrogens with two attached hydrogens (primary N) is 1. The lowest BCUT2D eigenvalue weighted by molar-refractivity contribution is 0.196. The fourth-order valence-corrected chi connectivity index (χ4v) is 1.84. The number of thioether (sulfide) groups is 1. The largest absolute Gasteiger partial charge is 0.393 e. The lowest BCUT2D eigenvalue weighted by atomic mass is 10.3. The topological polar surface area (TPSA) is 79.1 Å². The van der Waals surface area contributed by atoms with Crippen molar-refractivity contribution in [3.63, 3.8) is 0 Å². The van der Waals surface area contributed by atoms with E-state index in [9.17, 15) is 9.90 Å². The highest BCUT2D eigenvalue weighted by Crippen LogP contribution is 2.27. The minimum atomic E-state index is -0.432. The Balaban J connectivity index is 2.87. The molecule has 14 heavy (non-hydrogen) atoms. The molecule has 2 unspecified atom stereocenters. The van der Waals surface area contributed by atoms with Gasteiger partial charge in [0.1, 0.15) is 5.69 Å². The lowest BCUT2D eigenvalue weighted by Crippen LogP contribution is -2.17.